The van der Waals surface area contributed by atoms with E-state index in [4.69, 9.17) is 21.1 Å². The number of carbonyl (C=O) groups is 1. The van der Waals surface area contributed by atoms with Gasteiger partial charge in [-0.05, 0) is 44.2 Å². The molecule has 0 spiro atoms. The molecule has 134 valence electrons. The van der Waals surface area contributed by atoms with Crippen molar-refractivity contribution in [1.29, 1.82) is 0 Å². The quantitative estimate of drug-likeness (QED) is 0.661. The van der Waals surface area contributed by atoms with Crippen LogP contribution in [0.1, 0.15) is 56.8 Å². The van der Waals surface area contributed by atoms with Crippen molar-refractivity contribution in [3.63, 3.8) is 0 Å². The zero-order valence-electron chi connectivity index (χ0n) is 14.9. The Morgan fingerprint density at radius 1 is 1.25 bits per heavy atom. The Labute approximate surface area is 150 Å². The van der Waals surface area contributed by atoms with E-state index in [9.17, 15) is 4.79 Å². The first-order valence-electron chi connectivity index (χ1n) is 8.95. The number of piperidine rings is 1. The third-order valence-electron chi connectivity index (χ3n) is 4.37. The second-order valence-electron chi connectivity index (χ2n) is 6.40. The zero-order valence-corrected chi connectivity index (χ0v) is 15.7. The molecule has 5 heteroatoms. The summed E-state index contributed by atoms with van der Waals surface area (Å²) in [6.45, 7) is 8.94. The average Bonchev–Trinajstić information content (AvgIpc) is 2.57. The van der Waals surface area contributed by atoms with E-state index in [1.54, 1.807) is 12.1 Å². The number of rotatable bonds is 7. The molecule has 0 aromatic heterocycles. The van der Waals surface area contributed by atoms with Gasteiger partial charge >= 0.3 is 0 Å². The van der Waals surface area contributed by atoms with Gasteiger partial charge in [-0.3, -0.25) is 4.79 Å². The van der Waals surface area contributed by atoms with Gasteiger partial charge in [-0.1, -0.05) is 31.9 Å². The van der Waals surface area contributed by atoms with Crippen molar-refractivity contribution in [2.24, 2.45) is 5.92 Å². The normalized spacial score (nSPS) is 15.4. The van der Waals surface area contributed by atoms with Gasteiger partial charge in [0.1, 0.15) is 0 Å². The number of nitrogens with zero attached hydrogens (tertiary/aromatic N) is 1. The fourth-order valence-corrected chi connectivity index (χ4v) is 3.07. The standard InChI is InChI=1S/C19H28ClNO3/c1-4-6-11-24-18-16(20)12-15(13-17(18)23-5-2)19(22)21-9-7-14(3)8-10-21/h12-14H,4-11H2,1-3H3. The smallest absolute Gasteiger partial charge is 0.254 e. The Morgan fingerprint density at radius 2 is 1.96 bits per heavy atom. The molecule has 1 aliphatic heterocycles. The molecule has 4 nitrogen and oxygen atoms in total. The number of ether oxygens (including phenoxy) is 2. The predicted molar refractivity (Wildman–Crippen MR) is 97.3 cm³/mol. The van der Waals surface area contributed by atoms with Crippen LogP contribution in [0.25, 0.3) is 0 Å². The van der Waals surface area contributed by atoms with Crippen molar-refractivity contribution >= 4 is 17.5 Å². The third kappa shape index (κ3) is 4.79. The minimum Gasteiger partial charge on any atom is -0.490 e. The number of benzene rings is 1. The number of halogens is 1. The van der Waals surface area contributed by atoms with Gasteiger partial charge < -0.3 is 14.4 Å². The SMILES string of the molecule is CCCCOc1c(Cl)cc(C(=O)N2CCC(C)CC2)cc1OCC. The molecule has 0 aliphatic carbocycles. The summed E-state index contributed by atoms with van der Waals surface area (Å²) in [5.41, 5.74) is 0.570. The lowest BCUT2D eigenvalue weighted by atomic mass is 9.98. The molecule has 1 fully saturated rings. The number of amides is 1. The Kier molecular flexibility index (Phi) is 7.22. The summed E-state index contributed by atoms with van der Waals surface area (Å²) in [5, 5.41) is 0.436. The van der Waals surface area contributed by atoms with Gasteiger partial charge in [0.05, 0.1) is 18.2 Å². The first-order chi connectivity index (χ1) is 11.6. The number of likely N-dealkylation sites (tertiary alicyclic amines) is 1. The van der Waals surface area contributed by atoms with E-state index < -0.39 is 0 Å². The molecule has 0 N–H and O–H groups in total. The lowest BCUT2D eigenvalue weighted by molar-refractivity contribution is 0.0696. The highest BCUT2D eigenvalue weighted by atomic mass is 35.5. The molecule has 0 atom stereocenters. The van der Waals surface area contributed by atoms with Crippen molar-refractivity contribution in [3.8, 4) is 11.5 Å². The van der Waals surface area contributed by atoms with E-state index in [-0.39, 0.29) is 5.91 Å². The van der Waals surface area contributed by atoms with Crippen LogP contribution in [0.4, 0.5) is 0 Å². The van der Waals surface area contributed by atoms with Crippen molar-refractivity contribution in [2.45, 2.75) is 46.5 Å². The summed E-state index contributed by atoms with van der Waals surface area (Å²) < 4.78 is 11.4. The van der Waals surface area contributed by atoms with Crippen molar-refractivity contribution in [3.05, 3.63) is 22.7 Å². The fraction of sp³-hybridized carbons (Fsp3) is 0.632. The van der Waals surface area contributed by atoms with Crippen LogP contribution in [-0.4, -0.2) is 37.1 Å². The van der Waals surface area contributed by atoms with Crippen LogP contribution in [-0.2, 0) is 0 Å². The lowest BCUT2D eigenvalue weighted by Gasteiger charge is -2.30. The summed E-state index contributed by atoms with van der Waals surface area (Å²) in [7, 11) is 0. The van der Waals surface area contributed by atoms with Crippen LogP contribution in [0.3, 0.4) is 0 Å². The minimum absolute atomic E-state index is 0.0184. The van der Waals surface area contributed by atoms with Gasteiger partial charge in [0.2, 0.25) is 0 Å². The highest BCUT2D eigenvalue weighted by Gasteiger charge is 2.23. The van der Waals surface area contributed by atoms with Gasteiger partial charge in [0, 0.05) is 18.7 Å². The van der Waals surface area contributed by atoms with Crippen LogP contribution in [0, 0.1) is 5.92 Å². The molecule has 1 saturated heterocycles. The number of hydrogen-bond donors (Lipinski definition) is 0. The molecule has 24 heavy (non-hydrogen) atoms. The molecule has 1 aromatic carbocycles. The average molecular weight is 354 g/mol. The van der Waals surface area contributed by atoms with E-state index >= 15 is 0 Å². The molecule has 0 saturated carbocycles. The van der Waals surface area contributed by atoms with Crippen molar-refractivity contribution in [1.82, 2.24) is 4.90 Å². The third-order valence-corrected chi connectivity index (χ3v) is 4.65. The number of hydrogen-bond acceptors (Lipinski definition) is 3. The molecule has 0 radical (unpaired) electrons. The lowest BCUT2D eigenvalue weighted by Crippen LogP contribution is -2.37. The Bertz CT molecular complexity index is 554. The second-order valence-corrected chi connectivity index (χ2v) is 6.80. The van der Waals surface area contributed by atoms with E-state index in [1.165, 1.54) is 0 Å². The van der Waals surface area contributed by atoms with E-state index in [1.807, 2.05) is 11.8 Å². The van der Waals surface area contributed by atoms with Gasteiger partial charge in [0.25, 0.3) is 5.91 Å². The topological polar surface area (TPSA) is 38.8 Å². The van der Waals surface area contributed by atoms with Crippen molar-refractivity contribution in [2.75, 3.05) is 26.3 Å². The second kappa shape index (κ2) is 9.16. The van der Waals surface area contributed by atoms with Crippen molar-refractivity contribution < 1.29 is 14.3 Å². The van der Waals surface area contributed by atoms with Crippen LogP contribution < -0.4 is 9.47 Å². The molecular formula is C19H28ClNO3. The zero-order chi connectivity index (χ0) is 17.5. The van der Waals surface area contributed by atoms with Crippen LogP contribution in [0.5, 0.6) is 11.5 Å². The molecule has 2 rings (SSSR count). The Hall–Kier alpha value is -1.42. The molecule has 1 aromatic rings. The molecular weight excluding hydrogens is 326 g/mol. The largest absolute Gasteiger partial charge is 0.490 e. The van der Waals surface area contributed by atoms with Gasteiger partial charge in [0.15, 0.2) is 11.5 Å². The molecule has 1 heterocycles. The van der Waals surface area contributed by atoms with E-state index in [2.05, 4.69) is 13.8 Å². The van der Waals surface area contributed by atoms with Gasteiger partial charge in [-0.2, -0.15) is 0 Å². The maximum atomic E-state index is 12.8. The summed E-state index contributed by atoms with van der Waals surface area (Å²) in [5.74, 6) is 1.79. The fourth-order valence-electron chi connectivity index (χ4n) is 2.81. The summed E-state index contributed by atoms with van der Waals surface area (Å²) >= 11 is 6.38. The molecule has 0 bridgehead atoms. The van der Waals surface area contributed by atoms with E-state index in [0.717, 1.165) is 38.8 Å². The van der Waals surface area contributed by atoms with Gasteiger partial charge in [-0.25, -0.2) is 0 Å². The highest BCUT2D eigenvalue weighted by Crippen LogP contribution is 2.37. The maximum absolute atomic E-state index is 12.8. The predicted octanol–water partition coefficient (Wildman–Crippen LogP) is 4.79. The summed E-state index contributed by atoms with van der Waals surface area (Å²) in [6.07, 6.45) is 4.10. The number of unbranched alkanes of at least 4 members (excludes halogenated alkanes) is 1. The monoisotopic (exact) mass is 353 g/mol. The summed E-state index contributed by atoms with van der Waals surface area (Å²) in [4.78, 5) is 14.7. The highest BCUT2D eigenvalue weighted by molar-refractivity contribution is 6.32. The Balaban J connectivity index is 2.19. The van der Waals surface area contributed by atoms with Crippen LogP contribution in [0.15, 0.2) is 12.1 Å². The maximum Gasteiger partial charge on any atom is 0.254 e. The van der Waals surface area contributed by atoms with E-state index in [0.29, 0.717) is 41.2 Å². The number of carbonyl (C=O) groups excluding carboxylic acids is 1. The Morgan fingerprint density at radius 3 is 2.58 bits per heavy atom. The van der Waals surface area contributed by atoms with Gasteiger partial charge in [-0.15, -0.1) is 0 Å². The first-order valence-corrected chi connectivity index (χ1v) is 9.33. The summed E-state index contributed by atoms with van der Waals surface area (Å²) in [6, 6.07) is 3.46. The minimum atomic E-state index is 0.0184. The molecule has 1 aliphatic rings. The first kappa shape index (κ1) is 18.9. The molecule has 1 amide bonds. The van der Waals surface area contributed by atoms with Crippen LogP contribution in [0.2, 0.25) is 5.02 Å². The molecule has 0 unspecified atom stereocenters. The van der Waals surface area contributed by atoms with Crippen LogP contribution >= 0.6 is 11.6 Å².